The number of alkyl halides is 1. The average molecular weight is 350 g/mol. The number of hydrogen-bond donors (Lipinski definition) is 1. The third-order valence-corrected chi connectivity index (χ3v) is 3.79. The van der Waals surface area contributed by atoms with E-state index in [1.807, 2.05) is 48.5 Å². The van der Waals surface area contributed by atoms with Gasteiger partial charge in [0.1, 0.15) is 0 Å². The highest BCUT2D eigenvalue weighted by molar-refractivity contribution is 9.10. The molecule has 20 heavy (non-hydrogen) atoms. The highest BCUT2D eigenvalue weighted by atomic mass is 79.9. The zero-order chi connectivity index (χ0) is 14.1. The van der Waals surface area contributed by atoms with Gasteiger partial charge in [0.2, 0.25) is 5.50 Å². The Kier molecular flexibility index (Phi) is 3.59. The van der Waals surface area contributed by atoms with Gasteiger partial charge in [0.05, 0.1) is 11.4 Å². The third-order valence-electron chi connectivity index (χ3n) is 3.00. The Hall–Kier alpha value is -1.65. The topological polar surface area (TPSA) is 41.5 Å². The number of anilines is 1. The largest absolute Gasteiger partial charge is 0.322 e. The molecule has 1 heterocycles. The zero-order valence-corrected chi connectivity index (χ0v) is 12.6. The van der Waals surface area contributed by atoms with Crippen molar-refractivity contribution in [3.8, 4) is 0 Å². The van der Waals surface area contributed by atoms with Gasteiger partial charge in [0, 0.05) is 15.6 Å². The van der Waals surface area contributed by atoms with Crippen LogP contribution in [0.3, 0.4) is 0 Å². The Labute approximate surface area is 129 Å². The van der Waals surface area contributed by atoms with Crippen molar-refractivity contribution >= 4 is 44.8 Å². The number of hydrogen-bond acceptors (Lipinski definition) is 2. The number of carbonyl (C=O) groups excluding carboxylic acids is 1. The van der Waals surface area contributed by atoms with Crippen LogP contribution in [0.4, 0.5) is 5.69 Å². The summed E-state index contributed by atoms with van der Waals surface area (Å²) < 4.78 is 0.919. The molecule has 0 aromatic heterocycles. The van der Waals surface area contributed by atoms with Crippen LogP contribution in [0.5, 0.6) is 0 Å². The van der Waals surface area contributed by atoms with Gasteiger partial charge in [-0.2, -0.15) is 0 Å². The lowest BCUT2D eigenvalue weighted by atomic mass is 10.0. The number of benzene rings is 2. The Bertz CT molecular complexity index is 700. The first-order valence-corrected chi connectivity index (χ1v) is 7.26. The average Bonchev–Trinajstić information content (AvgIpc) is 2.58. The molecule has 0 saturated heterocycles. The van der Waals surface area contributed by atoms with Crippen LogP contribution in [0.1, 0.15) is 11.1 Å². The maximum absolute atomic E-state index is 11.9. The number of rotatable bonds is 1. The summed E-state index contributed by atoms with van der Waals surface area (Å²) >= 11 is 9.48. The second-order valence-corrected chi connectivity index (χ2v) is 5.69. The molecular formula is C15H10BrClN2O. The van der Waals surface area contributed by atoms with Crippen molar-refractivity contribution in [2.24, 2.45) is 4.99 Å². The molecule has 0 aliphatic carbocycles. The Morgan fingerprint density at radius 3 is 2.65 bits per heavy atom. The molecule has 1 aliphatic rings. The summed E-state index contributed by atoms with van der Waals surface area (Å²) in [6, 6.07) is 15.3. The van der Waals surface area contributed by atoms with Gasteiger partial charge in [-0.1, -0.05) is 57.9 Å². The molecule has 1 amide bonds. The van der Waals surface area contributed by atoms with E-state index < -0.39 is 5.50 Å². The molecule has 0 bridgehead atoms. The maximum Gasteiger partial charge on any atom is 0.264 e. The number of nitrogens with one attached hydrogen (secondary N) is 1. The molecule has 5 heteroatoms. The highest BCUT2D eigenvalue weighted by Crippen LogP contribution is 2.27. The van der Waals surface area contributed by atoms with E-state index in [0.717, 1.165) is 15.6 Å². The van der Waals surface area contributed by atoms with Gasteiger partial charge in [-0.15, -0.1) is 0 Å². The van der Waals surface area contributed by atoms with E-state index in [2.05, 4.69) is 26.2 Å². The fourth-order valence-electron chi connectivity index (χ4n) is 2.08. The van der Waals surface area contributed by atoms with Crippen LogP contribution in [0.15, 0.2) is 58.0 Å². The first kappa shape index (κ1) is 13.3. The number of carbonyl (C=O) groups is 1. The molecule has 2 aromatic rings. The summed E-state index contributed by atoms with van der Waals surface area (Å²) in [5, 5.41) is 2.79. The normalized spacial score (nSPS) is 17.8. The number of nitrogens with zero attached hydrogens (tertiary/aromatic N) is 1. The van der Waals surface area contributed by atoms with E-state index in [1.54, 1.807) is 0 Å². The summed E-state index contributed by atoms with van der Waals surface area (Å²) in [6.07, 6.45) is 0. The summed E-state index contributed by atoms with van der Waals surface area (Å²) in [5.74, 6) is -0.318. The number of aliphatic imine (C=N–C) groups is 1. The van der Waals surface area contributed by atoms with Crippen molar-refractivity contribution in [1.29, 1.82) is 0 Å². The van der Waals surface area contributed by atoms with Gasteiger partial charge < -0.3 is 5.32 Å². The van der Waals surface area contributed by atoms with Crippen LogP contribution in [0.2, 0.25) is 0 Å². The van der Waals surface area contributed by atoms with E-state index in [1.165, 1.54) is 0 Å². The Morgan fingerprint density at radius 2 is 1.90 bits per heavy atom. The van der Waals surface area contributed by atoms with Crippen LogP contribution in [0, 0.1) is 0 Å². The lowest BCUT2D eigenvalue weighted by Crippen LogP contribution is -2.20. The van der Waals surface area contributed by atoms with Crippen molar-refractivity contribution < 1.29 is 4.79 Å². The summed E-state index contributed by atoms with van der Waals surface area (Å²) in [6.45, 7) is 0. The van der Waals surface area contributed by atoms with Gasteiger partial charge in [0.15, 0.2) is 0 Å². The molecule has 0 saturated carbocycles. The molecule has 3 nitrogen and oxygen atoms in total. The summed E-state index contributed by atoms with van der Waals surface area (Å²) in [5.41, 5.74) is 2.26. The predicted octanol–water partition coefficient (Wildman–Crippen LogP) is 3.80. The molecule has 1 aliphatic heterocycles. The SMILES string of the molecule is O=C1Nc2ccc(Br)cc2C(c2ccccc2)=NC1Cl. The predicted molar refractivity (Wildman–Crippen MR) is 84.5 cm³/mol. The zero-order valence-electron chi connectivity index (χ0n) is 10.3. The fourth-order valence-corrected chi connectivity index (χ4v) is 2.59. The minimum absolute atomic E-state index is 0.318. The van der Waals surface area contributed by atoms with Crippen molar-refractivity contribution in [2.75, 3.05) is 5.32 Å². The molecule has 100 valence electrons. The van der Waals surface area contributed by atoms with Gasteiger partial charge in [0.25, 0.3) is 5.91 Å². The van der Waals surface area contributed by atoms with Crippen LogP contribution in [-0.2, 0) is 4.79 Å². The molecule has 1 unspecified atom stereocenters. The molecule has 1 atom stereocenters. The van der Waals surface area contributed by atoms with Crippen LogP contribution >= 0.6 is 27.5 Å². The monoisotopic (exact) mass is 348 g/mol. The van der Waals surface area contributed by atoms with E-state index in [4.69, 9.17) is 11.6 Å². The highest BCUT2D eigenvalue weighted by Gasteiger charge is 2.24. The van der Waals surface area contributed by atoms with Crippen molar-refractivity contribution in [3.63, 3.8) is 0 Å². The van der Waals surface area contributed by atoms with E-state index in [-0.39, 0.29) is 5.91 Å². The first-order valence-electron chi connectivity index (χ1n) is 6.03. The number of halogens is 2. The molecule has 0 radical (unpaired) electrons. The molecule has 0 fully saturated rings. The lowest BCUT2D eigenvalue weighted by Gasteiger charge is -2.10. The van der Waals surface area contributed by atoms with Crippen LogP contribution in [0.25, 0.3) is 0 Å². The number of fused-ring (bicyclic) bond motifs is 1. The van der Waals surface area contributed by atoms with Crippen molar-refractivity contribution in [1.82, 2.24) is 0 Å². The lowest BCUT2D eigenvalue weighted by molar-refractivity contribution is -0.115. The van der Waals surface area contributed by atoms with E-state index >= 15 is 0 Å². The van der Waals surface area contributed by atoms with Gasteiger partial charge in [-0.3, -0.25) is 9.79 Å². The Morgan fingerprint density at radius 1 is 1.15 bits per heavy atom. The van der Waals surface area contributed by atoms with Gasteiger partial charge >= 0.3 is 0 Å². The van der Waals surface area contributed by atoms with Crippen molar-refractivity contribution in [3.05, 3.63) is 64.1 Å². The number of benzodiazepines with no additional fused rings is 1. The summed E-state index contributed by atoms with van der Waals surface area (Å²) in [7, 11) is 0. The third kappa shape index (κ3) is 2.49. The smallest absolute Gasteiger partial charge is 0.264 e. The minimum Gasteiger partial charge on any atom is -0.322 e. The van der Waals surface area contributed by atoms with Crippen LogP contribution < -0.4 is 5.32 Å². The first-order chi connectivity index (χ1) is 9.65. The van der Waals surface area contributed by atoms with E-state index in [9.17, 15) is 4.79 Å². The van der Waals surface area contributed by atoms with Crippen LogP contribution in [-0.4, -0.2) is 17.1 Å². The molecule has 2 aromatic carbocycles. The standard InChI is InChI=1S/C15H10BrClN2O/c16-10-6-7-12-11(8-10)13(9-4-2-1-3-5-9)19-14(17)15(20)18-12/h1-8,14H,(H,18,20). The Balaban J connectivity index is 2.23. The van der Waals surface area contributed by atoms with Gasteiger partial charge in [-0.25, -0.2) is 0 Å². The summed E-state index contributed by atoms with van der Waals surface area (Å²) in [4.78, 5) is 16.2. The van der Waals surface area contributed by atoms with Crippen molar-refractivity contribution in [2.45, 2.75) is 5.50 Å². The van der Waals surface area contributed by atoms with Gasteiger partial charge in [-0.05, 0) is 18.2 Å². The maximum atomic E-state index is 11.9. The molecular weight excluding hydrogens is 340 g/mol. The molecule has 3 rings (SSSR count). The second kappa shape index (κ2) is 5.38. The fraction of sp³-hybridized carbons (Fsp3) is 0.0667. The quantitative estimate of drug-likeness (QED) is 0.617. The van der Waals surface area contributed by atoms with E-state index in [0.29, 0.717) is 11.4 Å². The minimum atomic E-state index is -0.934. The number of amides is 1. The molecule has 0 spiro atoms. The second-order valence-electron chi connectivity index (χ2n) is 4.36. The molecule has 1 N–H and O–H groups in total.